The van der Waals surface area contributed by atoms with Crippen molar-refractivity contribution < 1.29 is 24.9 Å². The van der Waals surface area contributed by atoms with Crippen molar-refractivity contribution in [2.45, 2.75) is 57.3 Å². The minimum absolute atomic E-state index is 0.0259. The summed E-state index contributed by atoms with van der Waals surface area (Å²) in [6, 6.07) is 17.0. The van der Waals surface area contributed by atoms with Gasteiger partial charge in [0.1, 0.15) is 24.0 Å². The molecule has 1 aromatic heterocycles. The van der Waals surface area contributed by atoms with Gasteiger partial charge < -0.3 is 20.1 Å². The molecule has 1 unspecified atom stereocenters. The highest BCUT2D eigenvalue weighted by atomic mass is 35.5. The maximum atomic E-state index is 13.1. The molecule has 2 heterocycles. The summed E-state index contributed by atoms with van der Waals surface area (Å²) in [4.78, 5) is 13.1. The Bertz CT molecular complexity index is 1190. The minimum atomic E-state index is -1.43. The summed E-state index contributed by atoms with van der Waals surface area (Å²) in [6.45, 7) is 6.62. The topological polar surface area (TPSA) is 129 Å². The number of benzene rings is 2. The third-order valence-corrected chi connectivity index (χ3v) is 6.39. The molecule has 192 valence electrons. The van der Waals surface area contributed by atoms with Gasteiger partial charge in [0.15, 0.2) is 6.23 Å². The van der Waals surface area contributed by atoms with Crippen LogP contribution in [0.2, 0.25) is 5.02 Å². The van der Waals surface area contributed by atoms with Crippen LogP contribution in [0.25, 0.3) is 11.3 Å². The van der Waals surface area contributed by atoms with E-state index in [4.69, 9.17) is 16.3 Å². The van der Waals surface area contributed by atoms with Crippen molar-refractivity contribution in [1.82, 2.24) is 20.6 Å². The SMILES string of the molecule is CC(C)(C)c1ccc(Cn2nc(-c3ccc(Cl)cc3)cc2C(=O)NNC2OC[C@@H](O)[C@H](O)[C@H]2O)cc1. The van der Waals surface area contributed by atoms with E-state index < -0.39 is 30.4 Å². The fourth-order valence-electron chi connectivity index (χ4n) is 3.90. The Morgan fingerprint density at radius 2 is 1.75 bits per heavy atom. The summed E-state index contributed by atoms with van der Waals surface area (Å²) < 4.78 is 6.89. The molecule has 2 aromatic carbocycles. The van der Waals surface area contributed by atoms with Crippen LogP contribution in [0.4, 0.5) is 0 Å². The van der Waals surface area contributed by atoms with Gasteiger partial charge in [0.2, 0.25) is 0 Å². The number of ether oxygens (including phenoxy) is 1. The fraction of sp³-hybridized carbons (Fsp3) is 0.385. The molecule has 0 spiro atoms. The van der Waals surface area contributed by atoms with Gasteiger partial charge in [0, 0.05) is 10.6 Å². The van der Waals surface area contributed by atoms with E-state index >= 15 is 0 Å². The number of aromatic nitrogens is 2. The molecular weight excluding hydrogens is 484 g/mol. The van der Waals surface area contributed by atoms with E-state index in [0.717, 1.165) is 11.1 Å². The summed E-state index contributed by atoms with van der Waals surface area (Å²) in [7, 11) is 0. The number of nitrogens with zero attached hydrogens (tertiary/aromatic N) is 2. The maximum absolute atomic E-state index is 13.1. The first-order valence-corrected chi connectivity index (χ1v) is 12.1. The second kappa shape index (κ2) is 10.7. The summed E-state index contributed by atoms with van der Waals surface area (Å²) in [5.74, 6) is -0.509. The average Bonchev–Trinajstić information content (AvgIpc) is 3.26. The zero-order valence-corrected chi connectivity index (χ0v) is 21.1. The lowest BCUT2D eigenvalue weighted by atomic mass is 9.87. The molecule has 0 bridgehead atoms. The first kappa shape index (κ1) is 26.3. The van der Waals surface area contributed by atoms with Crippen LogP contribution >= 0.6 is 11.6 Å². The largest absolute Gasteiger partial charge is 0.388 e. The van der Waals surface area contributed by atoms with Crippen molar-refractivity contribution in [3.63, 3.8) is 0 Å². The third kappa shape index (κ3) is 5.95. The van der Waals surface area contributed by atoms with Crippen LogP contribution in [0.3, 0.4) is 0 Å². The van der Waals surface area contributed by atoms with E-state index in [0.29, 0.717) is 17.3 Å². The molecule has 0 saturated carbocycles. The Labute approximate surface area is 214 Å². The van der Waals surface area contributed by atoms with Gasteiger partial charge in [-0.25, -0.2) is 5.43 Å². The van der Waals surface area contributed by atoms with Gasteiger partial charge in [-0.2, -0.15) is 5.10 Å². The normalized spacial score (nSPS) is 22.4. The van der Waals surface area contributed by atoms with E-state index in [2.05, 4.69) is 48.9 Å². The molecule has 1 aliphatic rings. The average molecular weight is 515 g/mol. The molecule has 3 aromatic rings. The maximum Gasteiger partial charge on any atom is 0.283 e. The van der Waals surface area contributed by atoms with E-state index in [1.165, 1.54) is 5.56 Å². The van der Waals surface area contributed by atoms with Crippen LogP contribution in [-0.2, 0) is 16.7 Å². The van der Waals surface area contributed by atoms with Crippen LogP contribution in [0.1, 0.15) is 42.4 Å². The quantitative estimate of drug-likeness (QED) is 0.319. The minimum Gasteiger partial charge on any atom is -0.388 e. The first-order valence-electron chi connectivity index (χ1n) is 11.7. The Balaban J connectivity index is 1.57. The monoisotopic (exact) mass is 514 g/mol. The molecule has 5 N–H and O–H groups in total. The van der Waals surface area contributed by atoms with Crippen molar-refractivity contribution in [2.75, 3.05) is 6.61 Å². The summed E-state index contributed by atoms with van der Waals surface area (Å²) in [5, 5.41) is 34.9. The predicted octanol–water partition coefficient (Wildman–Crippen LogP) is 2.22. The summed E-state index contributed by atoms with van der Waals surface area (Å²) in [5.41, 5.74) is 8.97. The molecule has 4 rings (SSSR count). The number of carbonyl (C=O) groups is 1. The van der Waals surface area contributed by atoms with Crippen molar-refractivity contribution >= 4 is 17.5 Å². The van der Waals surface area contributed by atoms with Crippen LogP contribution in [0, 0.1) is 0 Å². The van der Waals surface area contributed by atoms with Gasteiger partial charge in [0.25, 0.3) is 5.91 Å². The molecule has 1 saturated heterocycles. The highest BCUT2D eigenvalue weighted by Gasteiger charge is 2.37. The number of carbonyl (C=O) groups excluding carboxylic acids is 1. The fourth-order valence-corrected chi connectivity index (χ4v) is 4.02. The Kier molecular flexibility index (Phi) is 7.79. The van der Waals surface area contributed by atoms with Crippen LogP contribution in [-0.4, -0.2) is 62.2 Å². The number of hydrogen-bond acceptors (Lipinski definition) is 7. The zero-order valence-electron chi connectivity index (χ0n) is 20.4. The van der Waals surface area contributed by atoms with E-state index in [9.17, 15) is 20.1 Å². The molecule has 0 aliphatic carbocycles. The highest BCUT2D eigenvalue weighted by molar-refractivity contribution is 6.30. The predicted molar refractivity (Wildman–Crippen MR) is 135 cm³/mol. The number of amides is 1. The summed E-state index contributed by atoms with van der Waals surface area (Å²) >= 11 is 6.02. The second-order valence-corrected chi connectivity index (χ2v) is 10.4. The van der Waals surface area contributed by atoms with Gasteiger partial charge in [-0.1, -0.05) is 68.8 Å². The molecule has 1 fully saturated rings. The highest BCUT2D eigenvalue weighted by Crippen LogP contribution is 2.24. The standard InChI is InChI=1S/C26H31ClN4O5/c1-26(2,3)17-8-4-15(5-9-17)13-31-20(12-19(30-31)16-6-10-18(27)11-7-16)24(35)28-29-25-23(34)22(33)21(32)14-36-25/h4-12,21-23,25,29,32-34H,13-14H2,1-3H3,(H,28,35)/t21-,22+,23-,25?/m1/s1. The molecule has 10 heteroatoms. The molecular formula is C26H31ClN4O5. The number of aliphatic hydroxyl groups is 3. The molecule has 36 heavy (non-hydrogen) atoms. The van der Waals surface area contributed by atoms with Gasteiger partial charge in [-0.3, -0.25) is 14.9 Å². The molecule has 9 nitrogen and oxygen atoms in total. The number of hydrogen-bond donors (Lipinski definition) is 5. The Hall–Kier alpha value is -2.79. The lowest BCUT2D eigenvalue weighted by Gasteiger charge is -2.35. The van der Waals surface area contributed by atoms with E-state index in [1.807, 2.05) is 24.3 Å². The van der Waals surface area contributed by atoms with Crippen LogP contribution < -0.4 is 10.9 Å². The number of aliphatic hydroxyl groups excluding tert-OH is 3. The zero-order chi connectivity index (χ0) is 26.0. The molecule has 4 atom stereocenters. The van der Waals surface area contributed by atoms with Crippen molar-refractivity contribution in [1.29, 1.82) is 0 Å². The number of nitrogens with one attached hydrogen (secondary N) is 2. The number of halogens is 1. The lowest BCUT2D eigenvalue weighted by molar-refractivity contribution is -0.197. The van der Waals surface area contributed by atoms with Crippen LogP contribution in [0.15, 0.2) is 54.6 Å². The number of rotatable bonds is 6. The molecule has 1 aliphatic heterocycles. The van der Waals surface area contributed by atoms with E-state index in [1.54, 1.807) is 22.9 Å². The van der Waals surface area contributed by atoms with Gasteiger partial charge in [-0.15, -0.1) is 0 Å². The smallest absolute Gasteiger partial charge is 0.283 e. The van der Waals surface area contributed by atoms with E-state index in [-0.39, 0.29) is 17.7 Å². The van der Waals surface area contributed by atoms with Crippen molar-refractivity contribution in [3.05, 3.63) is 76.4 Å². The second-order valence-electron chi connectivity index (χ2n) is 9.93. The lowest BCUT2D eigenvalue weighted by Crippen LogP contribution is -2.61. The van der Waals surface area contributed by atoms with Gasteiger partial charge >= 0.3 is 0 Å². The first-order chi connectivity index (χ1) is 17.0. The Morgan fingerprint density at radius 1 is 1.08 bits per heavy atom. The van der Waals surface area contributed by atoms with Gasteiger partial charge in [-0.05, 0) is 34.7 Å². The van der Waals surface area contributed by atoms with Crippen molar-refractivity contribution in [2.24, 2.45) is 0 Å². The molecule has 1 amide bonds. The Morgan fingerprint density at radius 3 is 2.39 bits per heavy atom. The number of hydrazine groups is 1. The van der Waals surface area contributed by atoms with Gasteiger partial charge in [0.05, 0.1) is 18.8 Å². The van der Waals surface area contributed by atoms with Crippen molar-refractivity contribution in [3.8, 4) is 11.3 Å². The molecule has 0 radical (unpaired) electrons. The third-order valence-electron chi connectivity index (χ3n) is 6.13. The van der Waals surface area contributed by atoms with Crippen LogP contribution in [0.5, 0.6) is 0 Å². The summed E-state index contributed by atoms with van der Waals surface area (Å²) in [6.07, 6.45) is -5.12.